The van der Waals surface area contributed by atoms with Gasteiger partial charge in [0.15, 0.2) is 0 Å². The van der Waals surface area contributed by atoms with Gasteiger partial charge in [-0.1, -0.05) is 18.2 Å². The van der Waals surface area contributed by atoms with Crippen LogP contribution in [-0.4, -0.2) is 44.8 Å². The second kappa shape index (κ2) is 6.21. The monoisotopic (exact) mass is 248 g/mol. The lowest BCUT2D eigenvalue weighted by Crippen LogP contribution is -2.40. The molecule has 1 heterocycles. The molecule has 0 bridgehead atoms. The Morgan fingerprint density at radius 2 is 2.22 bits per heavy atom. The first-order valence-electron chi connectivity index (χ1n) is 6.71. The van der Waals surface area contributed by atoms with E-state index in [-0.39, 0.29) is 0 Å². The lowest BCUT2D eigenvalue weighted by molar-refractivity contribution is 0.106. The highest BCUT2D eigenvalue weighted by atomic mass is 16.5. The largest absolute Gasteiger partial charge is 0.384 e. The number of nitrogens with zero attached hydrogens (tertiary/aromatic N) is 1. The third-order valence-corrected chi connectivity index (χ3v) is 3.81. The van der Waals surface area contributed by atoms with Crippen LogP contribution in [0.5, 0.6) is 0 Å². The second-order valence-corrected chi connectivity index (χ2v) is 5.35. The molecule has 0 aliphatic carbocycles. The molecule has 3 nitrogen and oxygen atoms in total. The van der Waals surface area contributed by atoms with E-state index in [1.165, 1.54) is 17.7 Å². The van der Waals surface area contributed by atoms with Crippen LogP contribution in [0.15, 0.2) is 24.3 Å². The van der Waals surface area contributed by atoms with E-state index in [9.17, 15) is 0 Å². The van der Waals surface area contributed by atoms with Crippen molar-refractivity contribution in [2.45, 2.75) is 19.4 Å². The molecule has 2 atom stereocenters. The number of methoxy groups -OCH3 is 1. The van der Waals surface area contributed by atoms with Gasteiger partial charge in [-0.2, -0.15) is 0 Å². The fourth-order valence-electron chi connectivity index (χ4n) is 2.59. The number of rotatable bonds is 5. The van der Waals surface area contributed by atoms with Crippen molar-refractivity contribution in [3.8, 4) is 0 Å². The van der Waals surface area contributed by atoms with E-state index in [1.807, 2.05) is 0 Å². The molecule has 1 N–H and O–H groups in total. The predicted molar refractivity (Wildman–Crippen MR) is 76.1 cm³/mol. The van der Waals surface area contributed by atoms with Gasteiger partial charge in [0, 0.05) is 31.9 Å². The molecule has 3 heteroatoms. The van der Waals surface area contributed by atoms with E-state index in [2.05, 4.69) is 48.5 Å². The van der Waals surface area contributed by atoms with Crippen molar-refractivity contribution in [2.75, 3.05) is 39.2 Å². The van der Waals surface area contributed by atoms with E-state index in [1.54, 1.807) is 7.11 Å². The maximum atomic E-state index is 5.21. The van der Waals surface area contributed by atoms with Gasteiger partial charge in [-0.3, -0.25) is 0 Å². The first-order valence-corrected chi connectivity index (χ1v) is 6.71. The second-order valence-electron chi connectivity index (χ2n) is 5.35. The van der Waals surface area contributed by atoms with Gasteiger partial charge in [0.05, 0.1) is 6.61 Å². The summed E-state index contributed by atoms with van der Waals surface area (Å²) in [5.41, 5.74) is 2.75. The van der Waals surface area contributed by atoms with Gasteiger partial charge >= 0.3 is 0 Å². The number of hydrogen-bond acceptors (Lipinski definition) is 3. The van der Waals surface area contributed by atoms with Crippen LogP contribution in [0.1, 0.15) is 12.5 Å². The van der Waals surface area contributed by atoms with Crippen molar-refractivity contribution in [3.63, 3.8) is 0 Å². The van der Waals surface area contributed by atoms with Gasteiger partial charge in [0.1, 0.15) is 0 Å². The molecule has 1 aliphatic heterocycles. The molecule has 2 rings (SSSR count). The molecule has 0 spiro atoms. The van der Waals surface area contributed by atoms with E-state index >= 15 is 0 Å². The van der Waals surface area contributed by atoms with E-state index in [4.69, 9.17) is 4.74 Å². The van der Waals surface area contributed by atoms with E-state index < -0.39 is 0 Å². The summed E-state index contributed by atoms with van der Waals surface area (Å²) in [5.74, 6) is 0.684. The Labute approximate surface area is 110 Å². The van der Waals surface area contributed by atoms with Gasteiger partial charge in [-0.25, -0.2) is 0 Å². The average Bonchev–Trinajstić information content (AvgIpc) is 2.39. The minimum atomic E-state index is 0.479. The fraction of sp³-hybridized carbons (Fsp3) is 0.600. The molecule has 0 saturated carbocycles. The summed E-state index contributed by atoms with van der Waals surface area (Å²) in [7, 11) is 3.95. The van der Waals surface area contributed by atoms with Crippen LogP contribution < -0.4 is 5.32 Å². The van der Waals surface area contributed by atoms with Crippen LogP contribution in [0, 0.1) is 5.92 Å². The van der Waals surface area contributed by atoms with Crippen LogP contribution in [0.25, 0.3) is 0 Å². The number of anilines is 1. The number of ether oxygens (including phenoxy) is 1. The molecule has 0 radical (unpaired) electrons. The Kier molecular flexibility index (Phi) is 4.61. The summed E-state index contributed by atoms with van der Waals surface area (Å²) in [5, 5.41) is 3.53. The maximum Gasteiger partial charge on any atom is 0.0615 e. The first kappa shape index (κ1) is 13.4. The molecule has 0 amide bonds. The lowest BCUT2D eigenvalue weighted by atomic mass is 9.93. The zero-order valence-electron chi connectivity index (χ0n) is 11.6. The Morgan fingerprint density at radius 1 is 1.44 bits per heavy atom. The van der Waals surface area contributed by atoms with Crippen molar-refractivity contribution in [3.05, 3.63) is 29.8 Å². The predicted octanol–water partition coefficient (Wildman–Crippen LogP) is 2.24. The van der Waals surface area contributed by atoms with Crippen molar-refractivity contribution >= 4 is 5.69 Å². The normalized spacial score (nSPS) is 20.3. The highest BCUT2D eigenvalue weighted by Crippen LogP contribution is 2.24. The summed E-state index contributed by atoms with van der Waals surface area (Å²) < 4.78 is 5.21. The SMILES string of the molecule is COCC(C)N(C)CC1CNc2ccccc2C1. The third-order valence-electron chi connectivity index (χ3n) is 3.81. The van der Waals surface area contributed by atoms with Gasteiger partial charge in [0.2, 0.25) is 0 Å². The minimum absolute atomic E-state index is 0.479. The van der Waals surface area contributed by atoms with Crippen molar-refractivity contribution in [2.24, 2.45) is 5.92 Å². The molecule has 2 unspecified atom stereocenters. The average molecular weight is 248 g/mol. The molecular weight excluding hydrogens is 224 g/mol. The minimum Gasteiger partial charge on any atom is -0.384 e. The topological polar surface area (TPSA) is 24.5 Å². The van der Waals surface area contributed by atoms with Crippen LogP contribution in [0.3, 0.4) is 0 Å². The number of benzene rings is 1. The van der Waals surface area contributed by atoms with Gasteiger partial charge in [0.25, 0.3) is 0 Å². The van der Waals surface area contributed by atoms with Gasteiger partial charge in [-0.05, 0) is 37.9 Å². The van der Waals surface area contributed by atoms with E-state index in [0.29, 0.717) is 12.0 Å². The molecule has 0 saturated heterocycles. The maximum absolute atomic E-state index is 5.21. The van der Waals surface area contributed by atoms with Crippen molar-refractivity contribution < 1.29 is 4.74 Å². The van der Waals surface area contributed by atoms with Crippen molar-refractivity contribution in [1.82, 2.24) is 4.90 Å². The molecule has 18 heavy (non-hydrogen) atoms. The Morgan fingerprint density at radius 3 is 3.00 bits per heavy atom. The third kappa shape index (κ3) is 3.24. The number of fused-ring (bicyclic) bond motifs is 1. The van der Waals surface area contributed by atoms with Gasteiger partial charge in [-0.15, -0.1) is 0 Å². The summed E-state index contributed by atoms with van der Waals surface area (Å²) in [4.78, 5) is 2.39. The Hall–Kier alpha value is -1.06. The summed E-state index contributed by atoms with van der Waals surface area (Å²) in [6.45, 7) is 5.20. The van der Waals surface area contributed by atoms with Crippen LogP contribution >= 0.6 is 0 Å². The highest BCUT2D eigenvalue weighted by Gasteiger charge is 2.20. The lowest BCUT2D eigenvalue weighted by Gasteiger charge is -2.32. The number of hydrogen-bond donors (Lipinski definition) is 1. The molecule has 0 aromatic heterocycles. The number of likely N-dealkylation sites (N-methyl/N-ethyl adjacent to an activating group) is 1. The summed E-state index contributed by atoms with van der Waals surface area (Å²) in [6.07, 6.45) is 1.17. The van der Waals surface area contributed by atoms with Crippen LogP contribution in [0.2, 0.25) is 0 Å². The number of para-hydroxylation sites is 1. The molecular formula is C15H24N2O. The Balaban J connectivity index is 1.89. The first-order chi connectivity index (χ1) is 8.70. The number of nitrogens with one attached hydrogen (secondary N) is 1. The summed E-state index contributed by atoms with van der Waals surface area (Å²) in [6, 6.07) is 9.10. The molecule has 1 aromatic carbocycles. The highest BCUT2D eigenvalue weighted by molar-refractivity contribution is 5.53. The quantitative estimate of drug-likeness (QED) is 0.865. The Bertz CT molecular complexity index is 381. The molecule has 100 valence electrons. The zero-order valence-corrected chi connectivity index (χ0v) is 11.6. The molecule has 1 aliphatic rings. The van der Waals surface area contributed by atoms with Crippen LogP contribution in [0.4, 0.5) is 5.69 Å². The smallest absolute Gasteiger partial charge is 0.0615 e. The van der Waals surface area contributed by atoms with Crippen LogP contribution in [-0.2, 0) is 11.2 Å². The summed E-state index contributed by atoms with van der Waals surface area (Å²) >= 11 is 0. The fourth-order valence-corrected chi connectivity index (χ4v) is 2.59. The van der Waals surface area contributed by atoms with E-state index in [0.717, 1.165) is 19.7 Å². The molecule has 0 fully saturated rings. The van der Waals surface area contributed by atoms with Crippen molar-refractivity contribution in [1.29, 1.82) is 0 Å². The standard InChI is InChI=1S/C15H24N2O/c1-12(11-18-3)17(2)10-13-8-14-6-4-5-7-15(14)16-9-13/h4-7,12-13,16H,8-11H2,1-3H3. The molecule has 1 aromatic rings. The van der Waals surface area contributed by atoms with Gasteiger partial charge < -0.3 is 15.0 Å². The zero-order chi connectivity index (χ0) is 13.0.